The zero-order chi connectivity index (χ0) is 23.7. The summed E-state index contributed by atoms with van der Waals surface area (Å²) in [5.41, 5.74) is 13.0. The number of para-hydroxylation sites is 1. The van der Waals surface area contributed by atoms with E-state index >= 15 is 0 Å². The van der Waals surface area contributed by atoms with Crippen LogP contribution in [-0.2, 0) is 5.41 Å². The van der Waals surface area contributed by atoms with Gasteiger partial charge in [0.2, 0.25) is 0 Å². The van der Waals surface area contributed by atoms with E-state index in [-0.39, 0.29) is 5.41 Å². The first-order valence-corrected chi connectivity index (χ1v) is 12.4. The summed E-state index contributed by atoms with van der Waals surface area (Å²) in [5, 5.41) is 2.63. The van der Waals surface area contributed by atoms with Crippen molar-refractivity contribution in [2.45, 2.75) is 26.2 Å². The Hall–Kier alpha value is -4.10. The van der Waals surface area contributed by atoms with Crippen molar-refractivity contribution < 1.29 is 0 Å². The van der Waals surface area contributed by atoms with Gasteiger partial charge < -0.3 is 4.57 Å². The van der Waals surface area contributed by atoms with Crippen molar-refractivity contribution in [3.8, 4) is 27.9 Å². The Morgan fingerprint density at radius 2 is 1.26 bits per heavy atom. The van der Waals surface area contributed by atoms with Crippen LogP contribution in [0.5, 0.6) is 0 Å². The molecule has 0 saturated heterocycles. The molecule has 0 unspecified atom stereocenters. The van der Waals surface area contributed by atoms with Gasteiger partial charge in [0.05, 0.1) is 11.0 Å². The Bertz CT molecular complexity index is 1750. The Morgan fingerprint density at radius 3 is 2.06 bits per heavy atom. The predicted molar refractivity (Wildman–Crippen MR) is 149 cm³/mol. The Morgan fingerprint density at radius 1 is 0.543 bits per heavy atom. The van der Waals surface area contributed by atoms with Crippen molar-refractivity contribution in [1.82, 2.24) is 4.57 Å². The molecule has 0 radical (unpaired) electrons. The van der Waals surface area contributed by atoms with Gasteiger partial charge >= 0.3 is 0 Å². The summed E-state index contributed by atoms with van der Waals surface area (Å²) in [6.07, 6.45) is 0. The van der Waals surface area contributed by atoms with Crippen LogP contribution >= 0.6 is 0 Å². The zero-order valence-corrected chi connectivity index (χ0v) is 20.3. The van der Waals surface area contributed by atoms with Crippen LogP contribution in [0.3, 0.4) is 0 Å². The Kier molecular flexibility index (Phi) is 4.17. The van der Waals surface area contributed by atoms with E-state index in [9.17, 15) is 0 Å². The minimum atomic E-state index is -0.0588. The lowest BCUT2D eigenvalue weighted by molar-refractivity contribution is 0.661. The van der Waals surface area contributed by atoms with Crippen molar-refractivity contribution >= 4 is 21.8 Å². The normalized spacial score (nSPS) is 13.8. The first-order valence-electron chi connectivity index (χ1n) is 12.4. The average molecular weight is 450 g/mol. The van der Waals surface area contributed by atoms with Crippen molar-refractivity contribution in [1.29, 1.82) is 0 Å². The van der Waals surface area contributed by atoms with E-state index in [2.05, 4.69) is 135 Å². The van der Waals surface area contributed by atoms with E-state index in [1.807, 2.05) is 0 Å². The van der Waals surface area contributed by atoms with E-state index < -0.39 is 0 Å². The summed E-state index contributed by atoms with van der Waals surface area (Å²) < 4.78 is 2.42. The highest BCUT2D eigenvalue weighted by atomic mass is 15.0. The molecule has 1 aliphatic rings. The third-order valence-electron chi connectivity index (χ3n) is 7.87. The van der Waals surface area contributed by atoms with Crippen LogP contribution in [0.15, 0.2) is 109 Å². The SMILES string of the molecule is Cc1ccc(-n2c3ccccc3c3cc4c(cc32)-c2ccc(-c3ccccc3)cc2C4(C)C)cc1. The highest BCUT2D eigenvalue weighted by molar-refractivity contribution is 6.11. The lowest BCUT2D eigenvalue weighted by Gasteiger charge is -2.22. The van der Waals surface area contributed by atoms with Gasteiger partial charge in [-0.3, -0.25) is 0 Å². The standard InChI is InChI=1S/C34H27N/c1-22-13-16-25(17-14-22)35-32-12-8-7-11-27(32)29-20-31-28(21-33(29)35)26-18-15-24(19-30(26)34(31,2)3)23-9-5-4-6-10-23/h4-21H,1-3H3. The van der Waals surface area contributed by atoms with Gasteiger partial charge in [-0.25, -0.2) is 0 Å². The van der Waals surface area contributed by atoms with Gasteiger partial charge in [0.25, 0.3) is 0 Å². The molecule has 0 bridgehead atoms. The maximum atomic E-state index is 2.46. The summed E-state index contributed by atoms with van der Waals surface area (Å²) in [6.45, 7) is 6.89. The van der Waals surface area contributed by atoms with Gasteiger partial charge in [-0.15, -0.1) is 0 Å². The first kappa shape index (κ1) is 20.3. The fourth-order valence-electron chi connectivity index (χ4n) is 5.98. The van der Waals surface area contributed by atoms with E-state index in [1.165, 1.54) is 66.4 Å². The topological polar surface area (TPSA) is 4.93 Å². The minimum absolute atomic E-state index is 0.0588. The Labute approximate surface area is 206 Å². The largest absolute Gasteiger partial charge is 0.309 e. The van der Waals surface area contributed by atoms with Crippen molar-refractivity contribution in [2.24, 2.45) is 0 Å². The van der Waals surface area contributed by atoms with Crippen LogP contribution in [-0.4, -0.2) is 4.57 Å². The highest BCUT2D eigenvalue weighted by Crippen LogP contribution is 2.51. The molecule has 1 nitrogen and oxygen atoms in total. The summed E-state index contributed by atoms with van der Waals surface area (Å²) in [6, 6.07) is 40.3. The molecule has 7 rings (SSSR count). The minimum Gasteiger partial charge on any atom is -0.309 e. The highest BCUT2D eigenvalue weighted by Gasteiger charge is 2.36. The molecule has 168 valence electrons. The number of aromatic nitrogens is 1. The lowest BCUT2D eigenvalue weighted by atomic mass is 9.81. The molecule has 35 heavy (non-hydrogen) atoms. The van der Waals surface area contributed by atoms with Crippen LogP contribution in [0.1, 0.15) is 30.5 Å². The number of hydrogen-bond donors (Lipinski definition) is 0. The Balaban J connectivity index is 1.52. The first-order chi connectivity index (χ1) is 17.0. The molecule has 0 N–H and O–H groups in total. The van der Waals surface area contributed by atoms with Crippen molar-refractivity contribution in [3.05, 3.63) is 126 Å². The lowest BCUT2D eigenvalue weighted by Crippen LogP contribution is -2.15. The molecular weight excluding hydrogens is 422 g/mol. The maximum Gasteiger partial charge on any atom is 0.0547 e. The number of nitrogens with zero attached hydrogens (tertiary/aromatic N) is 1. The zero-order valence-electron chi connectivity index (χ0n) is 20.3. The smallest absolute Gasteiger partial charge is 0.0547 e. The van der Waals surface area contributed by atoms with E-state index in [1.54, 1.807) is 0 Å². The molecule has 5 aromatic carbocycles. The van der Waals surface area contributed by atoms with Gasteiger partial charge in [-0.05, 0) is 76.7 Å². The van der Waals surface area contributed by atoms with E-state index in [0.717, 1.165) is 0 Å². The van der Waals surface area contributed by atoms with E-state index in [0.29, 0.717) is 0 Å². The summed E-state index contributed by atoms with van der Waals surface area (Å²) in [7, 11) is 0. The van der Waals surface area contributed by atoms with Gasteiger partial charge in [-0.2, -0.15) is 0 Å². The molecule has 0 saturated carbocycles. The quantitative estimate of drug-likeness (QED) is 0.248. The van der Waals surface area contributed by atoms with Crippen LogP contribution in [0.25, 0.3) is 49.7 Å². The third-order valence-corrected chi connectivity index (χ3v) is 7.87. The number of rotatable bonds is 2. The predicted octanol–water partition coefficient (Wildman–Crippen LogP) is 9.07. The summed E-state index contributed by atoms with van der Waals surface area (Å²) in [5.74, 6) is 0. The van der Waals surface area contributed by atoms with Gasteiger partial charge in [0.1, 0.15) is 0 Å². The molecule has 0 aliphatic heterocycles. The molecule has 0 amide bonds. The van der Waals surface area contributed by atoms with E-state index in [4.69, 9.17) is 0 Å². The van der Waals surface area contributed by atoms with Crippen LogP contribution in [0.2, 0.25) is 0 Å². The van der Waals surface area contributed by atoms with Gasteiger partial charge in [0, 0.05) is 21.9 Å². The van der Waals surface area contributed by atoms with Gasteiger partial charge in [-0.1, -0.05) is 92.2 Å². The number of benzene rings is 5. The number of aryl methyl sites for hydroxylation is 1. The summed E-state index contributed by atoms with van der Waals surface area (Å²) >= 11 is 0. The molecule has 0 spiro atoms. The monoisotopic (exact) mass is 449 g/mol. The second-order valence-corrected chi connectivity index (χ2v) is 10.4. The number of fused-ring (bicyclic) bond motifs is 6. The fourth-order valence-corrected chi connectivity index (χ4v) is 5.98. The second kappa shape index (κ2) is 7.20. The average Bonchev–Trinajstić information content (AvgIpc) is 3.33. The van der Waals surface area contributed by atoms with Crippen molar-refractivity contribution in [3.63, 3.8) is 0 Å². The van der Waals surface area contributed by atoms with Crippen LogP contribution in [0, 0.1) is 6.92 Å². The van der Waals surface area contributed by atoms with Crippen molar-refractivity contribution in [2.75, 3.05) is 0 Å². The second-order valence-electron chi connectivity index (χ2n) is 10.4. The molecule has 1 aromatic heterocycles. The third kappa shape index (κ3) is 2.88. The van der Waals surface area contributed by atoms with Crippen LogP contribution < -0.4 is 0 Å². The molecule has 1 aliphatic carbocycles. The van der Waals surface area contributed by atoms with Gasteiger partial charge in [0.15, 0.2) is 0 Å². The molecular formula is C34H27N. The fraction of sp³-hybridized carbons (Fsp3) is 0.118. The maximum absolute atomic E-state index is 2.46. The van der Waals surface area contributed by atoms with Crippen LogP contribution in [0.4, 0.5) is 0 Å². The number of hydrogen-bond acceptors (Lipinski definition) is 0. The molecule has 1 heterocycles. The molecule has 0 atom stereocenters. The molecule has 0 fully saturated rings. The summed E-state index contributed by atoms with van der Waals surface area (Å²) in [4.78, 5) is 0. The molecule has 6 aromatic rings. The molecule has 1 heteroatoms.